The maximum atomic E-state index is 11.8. The number of aromatic nitrogens is 3. The molecule has 0 fully saturated rings. The summed E-state index contributed by atoms with van der Waals surface area (Å²) in [6.07, 6.45) is 0.938. The Morgan fingerprint density at radius 2 is 1.82 bits per heavy atom. The lowest BCUT2D eigenvalue weighted by molar-refractivity contribution is 0.532. The van der Waals surface area contributed by atoms with E-state index in [0.29, 0.717) is 5.92 Å². The van der Waals surface area contributed by atoms with Crippen LogP contribution in [0.4, 0.5) is 5.82 Å². The van der Waals surface area contributed by atoms with Crippen LogP contribution in [0.2, 0.25) is 0 Å². The third-order valence-corrected chi connectivity index (χ3v) is 2.53. The first kappa shape index (κ1) is 13.5. The Morgan fingerprint density at radius 1 is 1.24 bits per heavy atom. The average molecular weight is 240 g/mol. The van der Waals surface area contributed by atoms with Crippen molar-refractivity contribution in [3.05, 3.63) is 20.8 Å². The van der Waals surface area contributed by atoms with Crippen LogP contribution in [0, 0.1) is 5.92 Å². The molecule has 0 radical (unpaired) electrons. The Kier molecular flexibility index (Phi) is 4.09. The third kappa shape index (κ3) is 3.18. The standard InChI is InChI=1S/C11H20N4O2/c1-7(2)6-8(3)12-9-10(16)14(4)11(17)15(5)13-9/h7-8H,6H2,1-5H3,(H,12,13). The Bertz CT molecular complexity index is 501. The van der Waals surface area contributed by atoms with Gasteiger partial charge in [0.15, 0.2) is 0 Å². The van der Waals surface area contributed by atoms with Crippen LogP contribution in [0.5, 0.6) is 0 Å². The second-order valence-electron chi connectivity index (χ2n) is 4.79. The second kappa shape index (κ2) is 5.16. The molecule has 0 aliphatic rings. The molecule has 0 aliphatic heterocycles. The summed E-state index contributed by atoms with van der Waals surface area (Å²) in [5, 5.41) is 6.99. The number of aryl methyl sites for hydroxylation is 1. The van der Waals surface area contributed by atoms with Gasteiger partial charge in [-0.3, -0.25) is 9.36 Å². The van der Waals surface area contributed by atoms with E-state index in [1.165, 1.54) is 14.1 Å². The Hall–Kier alpha value is -1.59. The SMILES string of the molecule is CC(C)CC(C)Nc1nn(C)c(=O)n(C)c1=O. The normalized spacial score (nSPS) is 12.8. The Morgan fingerprint density at radius 3 is 2.35 bits per heavy atom. The van der Waals surface area contributed by atoms with Crippen molar-refractivity contribution in [3.63, 3.8) is 0 Å². The molecular weight excluding hydrogens is 220 g/mol. The van der Waals surface area contributed by atoms with Crippen molar-refractivity contribution in [1.29, 1.82) is 0 Å². The fourth-order valence-corrected chi connectivity index (χ4v) is 1.79. The maximum absolute atomic E-state index is 11.8. The van der Waals surface area contributed by atoms with Crippen LogP contribution in [0.1, 0.15) is 27.2 Å². The number of nitrogens with zero attached hydrogens (tertiary/aromatic N) is 3. The lowest BCUT2D eigenvalue weighted by atomic mass is 10.1. The van der Waals surface area contributed by atoms with Crippen LogP contribution in [-0.2, 0) is 14.1 Å². The topological polar surface area (TPSA) is 68.9 Å². The summed E-state index contributed by atoms with van der Waals surface area (Å²) in [6, 6.07) is 0.146. The fraction of sp³-hybridized carbons (Fsp3) is 0.727. The molecule has 96 valence electrons. The van der Waals surface area contributed by atoms with Gasteiger partial charge in [-0.2, -0.15) is 0 Å². The second-order valence-corrected chi connectivity index (χ2v) is 4.79. The molecule has 17 heavy (non-hydrogen) atoms. The first-order chi connectivity index (χ1) is 7.82. The van der Waals surface area contributed by atoms with Crippen molar-refractivity contribution in [2.24, 2.45) is 20.0 Å². The van der Waals surface area contributed by atoms with Gasteiger partial charge in [-0.1, -0.05) is 13.8 Å². The summed E-state index contributed by atoms with van der Waals surface area (Å²) in [5.41, 5.74) is -0.805. The van der Waals surface area contributed by atoms with E-state index in [0.717, 1.165) is 15.7 Å². The molecule has 0 aliphatic carbocycles. The van der Waals surface area contributed by atoms with E-state index in [-0.39, 0.29) is 17.4 Å². The van der Waals surface area contributed by atoms with Crippen LogP contribution < -0.4 is 16.6 Å². The third-order valence-electron chi connectivity index (χ3n) is 2.53. The summed E-state index contributed by atoms with van der Waals surface area (Å²) >= 11 is 0. The molecule has 1 atom stereocenters. The molecule has 0 bridgehead atoms. The van der Waals surface area contributed by atoms with Crippen LogP contribution in [0.15, 0.2) is 9.59 Å². The number of hydrogen-bond acceptors (Lipinski definition) is 4. The largest absolute Gasteiger partial charge is 0.362 e. The molecule has 1 unspecified atom stereocenters. The highest BCUT2D eigenvalue weighted by Crippen LogP contribution is 2.07. The van der Waals surface area contributed by atoms with Crippen molar-refractivity contribution in [2.75, 3.05) is 5.32 Å². The summed E-state index contributed by atoms with van der Waals surface area (Å²) < 4.78 is 2.21. The summed E-state index contributed by atoms with van der Waals surface area (Å²) in [7, 11) is 2.98. The first-order valence-corrected chi connectivity index (χ1v) is 5.73. The van der Waals surface area contributed by atoms with E-state index >= 15 is 0 Å². The Labute approximate surface area is 100 Å². The molecule has 1 aromatic heterocycles. The fourth-order valence-electron chi connectivity index (χ4n) is 1.79. The zero-order valence-corrected chi connectivity index (χ0v) is 11.0. The van der Waals surface area contributed by atoms with E-state index < -0.39 is 5.69 Å². The van der Waals surface area contributed by atoms with Crippen LogP contribution in [0.25, 0.3) is 0 Å². The van der Waals surface area contributed by atoms with Gasteiger partial charge in [0, 0.05) is 20.1 Å². The summed E-state index contributed by atoms with van der Waals surface area (Å²) in [5.74, 6) is 0.761. The van der Waals surface area contributed by atoms with Gasteiger partial charge >= 0.3 is 5.69 Å². The highest BCUT2D eigenvalue weighted by Gasteiger charge is 2.12. The molecule has 1 aromatic rings. The van der Waals surface area contributed by atoms with Crippen molar-refractivity contribution in [1.82, 2.24) is 14.3 Å². The van der Waals surface area contributed by atoms with E-state index in [1.807, 2.05) is 6.92 Å². The van der Waals surface area contributed by atoms with E-state index in [9.17, 15) is 9.59 Å². The maximum Gasteiger partial charge on any atom is 0.346 e. The smallest absolute Gasteiger partial charge is 0.346 e. The predicted octanol–water partition coefficient (Wildman–Crippen LogP) is 0.325. The van der Waals surface area contributed by atoms with Crippen LogP contribution in [0.3, 0.4) is 0 Å². The lowest BCUT2D eigenvalue weighted by Crippen LogP contribution is -2.41. The van der Waals surface area contributed by atoms with Gasteiger partial charge in [0.05, 0.1) is 0 Å². The molecule has 1 heterocycles. The van der Waals surface area contributed by atoms with Gasteiger partial charge in [0.25, 0.3) is 5.56 Å². The minimum Gasteiger partial charge on any atom is -0.362 e. The van der Waals surface area contributed by atoms with Gasteiger partial charge in [-0.25, -0.2) is 9.48 Å². The van der Waals surface area contributed by atoms with Crippen molar-refractivity contribution >= 4 is 5.82 Å². The number of hydrogen-bond donors (Lipinski definition) is 1. The summed E-state index contributed by atoms with van der Waals surface area (Å²) in [6.45, 7) is 6.22. The first-order valence-electron chi connectivity index (χ1n) is 5.73. The van der Waals surface area contributed by atoms with Gasteiger partial charge in [0.2, 0.25) is 5.82 Å². The quantitative estimate of drug-likeness (QED) is 0.823. The van der Waals surface area contributed by atoms with Crippen LogP contribution in [-0.4, -0.2) is 20.4 Å². The zero-order valence-electron chi connectivity index (χ0n) is 11.0. The number of anilines is 1. The van der Waals surface area contributed by atoms with Crippen molar-refractivity contribution < 1.29 is 0 Å². The van der Waals surface area contributed by atoms with Gasteiger partial charge in [-0.15, -0.1) is 5.10 Å². The average Bonchev–Trinajstić information content (AvgIpc) is 2.21. The van der Waals surface area contributed by atoms with Gasteiger partial charge in [0.1, 0.15) is 0 Å². The van der Waals surface area contributed by atoms with Gasteiger partial charge < -0.3 is 5.32 Å². The van der Waals surface area contributed by atoms with Crippen molar-refractivity contribution in [3.8, 4) is 0 Å². The highest BCUT2D eigenvalue weighted by atomic mass is 16.2. The number of rotatable bonds is 4. The molecule has 0 spiro atoms. The molecule has 1 N–H and O–H groups in total. The minimum atomic E-state index is -0.419. The molecule has 0 saturated heterocycles. The lowest BCUT2D eigenvalue weighted by Gasteiger charge is -2.16. The monoisotopic (exact) mass is 240 g/mol. The van der Waals surface area contributed by atoms with E-state index in [1.54, 1.807) is 0 Å². The molecule has 6 heteroatoms. The number of nitrogens with one attached hydrogen (secondary N) is 1. The van der Waals surface area contributed by atoms with E-state index in [4.69, 9.17) is 0 Å². The predicted molar refractivity (Wildman–Crippen MR) is 67.3 cm³/mol. The molecule has 6 nitrogen and oxygen atoms in total. The zero-order chi connectivity index (χ0) is 13.2. The van der Waals surface area contributed by atoms with Gasteiger partial charge in [-0.05, 0) is 19.3 Å². The minimum absolute atomic E-state index is 0.146. The highest BCUT2D eigenvalue weighted by molar-refractivity contribution is 5.30. The molecule has 0 amide bonds. The molecule has 0 saturated carbocycles. The van der Waals surface area contributed by atoms with Crippen LogP contribution >= 0.6 is 0 Å². The Balaban J connectivity index is 3.01. The molecule has 0 aromatic carbocycles. The molecule has 1 rings (SSSR count). The molecular formula is C11H20N4O2. The van der Waals surface area contributed by atoms with E-state index in [2.05, 4.69) is 24.3 Å². The summed E-state index contributed by atoms with van der Waals surface area (Å²) in [4.78, 5) is 23.2. The van der Waals surface area contributed by atoms with Crippen molar-refractivity contribution in [2.45, 2.75) is 33.2 Å².